The van der Waals surface area contributed by atoms with Crippen molar-refractivity contribution < 1.29 is 22.4 Å². The largest absolute Gasteiger partial charge is 0.467 e. The van der Waals surface area contributed by atoms with Gasteiger partial charge in [0.15, 0.2) is 0 Å². The number of amides is 1. The molecule has 2 fully saturated rings. The molecule has 1 aliphatic carbocycles. The fraction of sp³-hybridized carbons (Fsp3) is 0.400. The number of nitrogens with zero attached hydrogens (tertiary/aromatic N) is 2. The van der Waals surface area contributed by atoms with Crippen LogP contribution in [-0.4, -0.2) is 27.5 Å². The molecule has 5 rings (SSSR count). The van der Waals surface area contributed by atoms with Crippen molar-refractivity contribution in [3.63, 3.8) is 0 Å². The Morgan fingerprint density at radius 1 is 1.27 bits per heavy atom. The summed E-state index contributed by atoms with van der Waals surface area (Å²) in [5, 5.41) is 2.78. The van der Waals surface area contributed by atoms with Crippen molar-refractivity contribution in [3.05, 3.63) is 47.9 Å². The number of carbonyl (C=O) groups excluding carboxylic acids is 1. The number of nitrogens with one attached hydrogen (secondary N) is 3. The average molecular weight is 419 g/mol. The number of furan rings is 1. The highest BCUT2D eigenvalue weighted by Gasteiger charge is 2.39. The van der Waals surface area contributed by atoms with Crippen molar-refractivity contribution in [2.24, 2.45) is 5.92 Å². The Balaban J connectivity index is 1.45. The predicted octanol–water partition coefficient (Wildman–Crippen LogP) is 3.28. The van der Waals surface area contributed by atoms with E-state index >= 15 is 0 Å². The fourth-order valence-electron chi connectivity index (χ4n) is 3.88. The number of imidazole rings is 1. The summed E-state index contributed by atoms with van der Waals surface area (Å²) >= 11 is 0. The van der Waals surface area contributed by atoms with E-state index < -0.39 is 17.8 Å². The minimum Gasteiger partial charge on any atom is -0.467 e. The minimum absolute atomic E-state index is 0.153. The van der Waals surface area contributed by atoms with Crippen LogP contribution in [0, 0.1) is 5.92 Å². The molecule has 3 aromatic rings. The Labute approximate surface area is 169 Å². The van der Waals surface area contributed by atoms with Crippen molar-refractivity contribution in [1.82, 2.24) is 20.4 Å². The summed E-state index contributed by atoms with van der Waals surface area (Å²) in [5.74, 6) is 1.10. The van der Waals surface area contributed by atoms with Crippen molar-refractivity contribution in [2.45, 2.75) is 44.1 Å². The molecule has 1 amide bonds. The van der Waals surface area contributed by atoms with Crippen LogP contribution in [0.25, 0.3) is 11.0 Å². The average Bonchev–Trinajstić information content (AvgIpc) is 3.11. The highest BCUT2D eigenvalue weighted by molar-refractivity contribution is 5.95. The molecule has 3 N–H and O–H groups in total. The van der Waals surface area contributed by atoms with Crippen LogP contribution in [0.5, 0.6) is 0 Å². The SMILES string of the molecule is O=C(Nc1nc2cc(C(F)(F)F)ccc2n1Cc1ccco1)C1CC(C2CC2)NN1. The topological polar surface area (TPSA) is 84.1 Å². The molecule has 30 heavy (non-hydrogen) atoms. The van der Waals surface area contributed by atoms with E-state index in [1.165, 1.54) is 12.3 Å². The molecule has 3 heterocycles. The number of hydrazine groups is 1. The quantitative estimate of drug-likeness (QED) is 0.591. The molecule has 2 aromatic heterocycles. The first-order valence-corrected chi connectivity index (χ1v) is 9.80. The van der Waals surface area contributed by atoms with E-state index in [1.54, 1.807) is 16.7 Å². The molecule has 2 atom stereocenters. The van der Waals surface area contributed by atoms with Gasteiger partial charge in [0, 0.05) is 6.04 Å². The van der Waals surface area contributed by atoms with Crippen LogP contribution in [-0.2, 0) is 17.5 Å². The van der Waals surface area contributed by atoms with Crippen LogP contribution >= 0.6 is 0 Å². The lowest BCUT2D eigenvalue weighted by Gasteiger charge is -2.12. The molecular formula is C20H20F3N5O2. The number of fused-ring (bicyclic) bond motifs is 1. The summed E-state index contributed by atoms with van der Waals surface area (Å²) in [5.41, 5.74) is 6.01. The zero-order chi connectivity index (χ0) is 20.9. The van der Waals surface area contributed by atoms with Crippen molar-refractivity contribution in [3.8, 4) is 0 Å². The molecule has 10 heteroatoms. The van der Waals surface area contributed by atoms with Crippen LogP contribution in [0.4, 0.5) is 19.1 Å². The second-order valence-corrected chi connectivity index (χ2v) is 7.81. The molecule has 1 saturated heterocycles. The first-order chi connectivity index (χ1) is 14.4. The molecular weight excluding hydrogens is 399 g/mol. The molecule has 158 valence electrons. The number of halogens is 3. The van der Waals surface area contributed by atoms with Crippen LogP contribution in [0.3, 0.4) is 0 Å². The van der Waals surface area contributed by atoms with Gasteiger partial charge in [0.25, 0.3) is 0 Å². The van der Waals surface area contributed by atoms with E-state index in [-0.39, 0.29) is 30.0 Å². The number of hydrogen-bond acceptors (Lipinski definition) is 5. The van der Waals surface area contributed by atoms with Gasteiger partial charge in [0.05, 0.1) is 29.4 Å². The molecule has 0 radical (unpaired) electrons. The third-order valence-electron chi connectivity index (χ3n) is 5.64. The van der Waals surface area contributed by atoms with Crippen LogP contribution in [0.2, 0.25) is 0 Å². The van der Waals surface area contributed by atoms with Crippen LogP contribution in [0.15, 0.2) is 41.0 Å². The normalized spacial score (nSPS) is 22.0. The maximum atomic E-state index is 13.1. The van der Waals surface area contributed by atoms with E-state index in [2.05, 4.69) is 21.2 Å². The van der Waals surface area contributed by atoms with Gasteiger partial charge in [-0.05, 0) is 55.5 Å². The molecule has 1 aliphatic heterocycles. The highest BCUT2D eigenvalue weighted by Crippen LogP contribution is 2.36. The maximum absolute atomic E-state index is 13.1. The number of alkyl halides is 3. The molecule has 2 unspecified atom stereocenters. The lowest BCUT2D eigenvalue weighted by molar-refractivity contribution is -0.137. The number of hydrogen-bond donors (Lipinski definition) is 3. The van der Waals surface area contributed by atoms with Gasteiger partial charge >= 0.3 is 6.18 Å². The lowest BCUT2D eigenvalue weighted by atomic mass is 10.1. The van der Waals surface area contributed by atoms with Gasteiger partial charge in [-0.15, -0.1) is 0 Å². The van der Waals surface area contributed by atoms with Gasteiger partial charge < -0.3 is 8.98 Å². The van der Waals surface area contributed by atoms with Crippen LogP contribution in [0.1, 0.15) is 30.6 Å². The highest BCUT2D eigenvalue weighted by atomic mass is 19.4. The molecule has 1 aromatic carbocycles. The van der Waals surface area contributed by atoms with Crippen LogP contribution < -0.4 is 16.2 Å². The second-order valence-electron chi connectivity index (χ2n) is 7.81. The third kappa shape index (κ3) is 3.68. The summed E-state index contributed by atoms with van der Waals surface area (Å²) in [6.07, 6.45) is 0.0235. The van der Waals surface area contributed by atoms with E-state index in [0.717, 1.165) is 25.0 Å². The molecule has 1 saturated carbocycles. The van der Waals surface area contributed by atoms with Gasteiger partial charge in [-0.2, -0.15) is 13.2 Å². The van der Waals surface area contributed by atoms with Crippen molar-refractivity contribution in [2.75, 3.05) is 5.32 Å². The van der Waals surface area contributed by atoms with E-state index in [0.29, 0.717) is 23.6 Å². The number of rotatable bonds is 5. The van der Waals surface area contributed by atoms with E-state index in [4.69, 9.17) is 4.42 Å². The zero-order valence-corrected chi connectivity index (χ0v) is 15.9. The molecule has 2 aliphatic rings. The number of benzene rings is 1. The molecule has 0 bridgehead atoms. The number of anilines is 1. The maximum Gasteiger partial charge on any atom is 0.416 e. The monoisotopic (exact) mass is 419 g/mol. The third-order valence-corrected chi connectivity index (χ3v) is 5.64. The summed E-state index contributed by atoms with van der Waals surface area (Å²) < 4.78 is 46.4. The fourth-order valence-corrected chi connectivity index (χ4v) is 3.88. The Morgan fingerprint density at radius 3 is 2.80 bits per heavy atom. The molecule has 0 spiro atoms. The Bertz CT molecular complexity index is 1070. The van der Waals surface area contributed by atoms with Gasteiger partial charge in [-0.25, -0.2) is 10.4 Å². The second kappa shape index (κ2) is 7.13. The minimum atomic E-state index is -4.47. The summed E-state index contributed by atoms with van der Waals surface area (Å²) in [7, 11) is 0. The lowest BCUT2D eigenvalue weighted by Crippen LogP contribution is -2.40. The van der Waals surface area contributed by atoms with Gasteiger partial charge in [0.2, 0.25) is 11.9 Å². The predicted molar refractivity (Wildman–Crippen MR) is 102 cm³/mol. The van der Waals surface area contributed by atoms with Gasteiger partial charge in [0.1, 0.15) is 11.8 Å². The standard InChI is InChI=1S/C20H20F3N5O2/c21-20(22,23)12-5-6-17-15(8-12)24-19(28(17)10-13-2-1-7-30-13)25-18(29)16-9-14(26-27-16)11-3-4-11/h1-2,5-8,11,14,16,26-27H,3-4,9-10H2,(H,24,25,29). The first kappa shape index (κ1) is 19.1. The van der Waals surface area contributed by atoms with E-state index in [9.17, 15) is 18.0 Å². The van der Waals surface area contributed by atoms with E-state index in [1.807, 2.05) is 0 Å². The Morgan fingerprint density at radius 2 is 2.10 bits per heavy atom. The van der Waals surface area contributed by atoms with Crippen molar-refractivity contribution >= 4 is 22.9 Å². The summed E-state index contributed by atoms with van der Waals surface area (Å²) in [4.78, 5) is 17.1. The van der Waals surface area contributed by atoms with Crippen molar-refractivity contribution in [1.29, 1.82) is 0 Å². The summed E-state index contributed by atoms with van der Waals surface area (Å²) in [6, 6.07) is 6.67. The van der Waals surface area contributed by atoms with Gasteiger partial charge in [-0.1, -0.05) is 0 Å². The smallest absolute Gasteiger partial charge is 0.416 e. The Kier molecular flexibility index (Phi) is 4.55. The Hall–Kier alpha value is -2.85. The zero-order valence-electron chi connectivity index (χ0n) is 15.9. The first-order valence-electron chi connectivity index (χ1n) is 9.80. The number of carbonyl (C=O) groups is 1. The molecule has 7 nitrogen and oxygen atoms in total. The number of aromatic nitrogens is 2. The summed E-state index contributed by atoms with van der Waals surface area (Å²) in [6.45, 7) is 0.228. The van der Waals surface area contributed by atoms with Gasteiger partial charge in [-0.3, -0.25) is 15.5 Å².